The number of nitrogens with zero attached hydrogens (tertiary/aromatic N) is 1. The molecule has 2 amide bonds. The largest absolute Gasteiger partial charge is 0.369 e. The summed E-state index contributed by atoms with van der Waals surface area (Å²) in [5.74, 6) is -0.375. The van der Waals surface area contributed by atoms with Gasteiger partial charge in [-0.1, -0.05) is 17.7 Å². The molecule has 6 heteroatoms. The number of nitrogens with two attached hydrogens (primary N) is 1. The fourth-order valence-corrected chi connectivity index (χ4v) is 2.54. The summed E-state index contributed by atoms with van der Waals surface area (Å²) in [4.78, 5) is 25.0. The van der Waals surface area contributed by atoms with Gasteiger partial charge in [-0.15, -0.1) is 0 Å². The van der Waals surface area contributed by atoms with Crippen LogP contribution in [-0.2, 0) is 9.59 Å². The number of nitrogens with one attached hydrogen (secondary N) is 1. The van der Waals surface area contributed by atoms with Crippen LogP contribution in [0.2, 0.25) is 5.02 Å². The van der Waals surface area contributed by atoms with Crippen LogP contribution in [0.5, 0.6) is 0 Å². The van der Waals surface area contributed by atoms with Crippen LogP contribution < -0.4 is 11.1 Å². The Labute approximate surface area is 123 Å². The zero-order valence-corrected chi connectivity index (χ0v) is 11.9. The van der Waals surface area contributed by atoms with Gasteiger partial charge >= 0.3 is 0 Å². The Balaban J connectivity index is 1.80. The molecule has 1 aromatic carbocycles. The van der Waals surface area contributed by atoms with Crippen molar-refractivity contribution in [1.29, 1.82) is 0 Å². The lowest BCUT2D eigenvalue weighted by molar-refractivity contribution is -0.123. The number of benzene rings is 1. The van der Waals surface area contributed by atoms with Crippen LogP contribution in [-0.4, -0.2) is 36.3 Å². The highest BCUT2D eigenvalue weighted by Crippen LogP contribution is 2.17. The topological polar surface area (TPSA) is 75.4 Å². The molecule has 1 aromatic rings. The first-order valence-electron chi connectivity index (χ1n) is 6.61. The highest BCUT2D eigenvalue weighted by atomic mass is 35.5. The molecule has 2 rings (SSSR count). The predicted octanol–water partition coefficient (Wildman–Crippen LogP) is 1.48. The third-order valence-corrected chi connectivity index (χ3v) is 3.70. The lowest BCUT2D eigenvalue weighted by atomic mass is 9.96. The number of carbonyl (C=O) groups is 2. The smallest absolute Gasteiger partial charge is 0.238 e. The molecular formula is C14H18ClN3O2. The molecule has 0 spiro atoms. The summed E-state index contributed by atoms with van der Waals surface area (Å²) in [5.41, 5.74) is 5.97. The molecule has 0 bridgehead atoms. The molecule has 1 fully saturated rings. The normalized spacial score (nSPS) is 16.9. The quantitative estimate of drug-likeness (QED) is 0.883. The van der Waals surface area contributed by atoms with Crippen molar-refractivity contribution in [2.24, 2.45) is 11.7 Å². The SMILES string of the molecule is NC(=O)C1CCN(CC(=O)Nc2cccc(Cl)c2)CC1. The van der Waals surface area contributed by atoms with Crippen molar-refractivity contribution in [3.8, 4) is 0 Å². The number of hydrogen-bond donors (Lipinski definition) is 2. The van der Waals surface area contributed by atoms with Crippen molar-refractivity contribution in [3.05, 3.63) is 29.3 Å². The van der Waals surface area contributed by atoms with Crippen LogP contribution in [0.4, 0.5) is 5.69 Å². The third kappa shape index (κ3) is 4.21. The fraction of sp³-hybridized carbons (Fsp3) is 0.429. The van der Waals surface area contributed by atoms with Gasteiger partial charge in [0, 0.05) is 16.6 Å². The summed E-state index contributed by atoms with van der Waals surface area (Å²) in [6, 6.07) is 7.05. The molecule has 3 N–H and O–H groups in total. The number of amides is 2. The van der Waals surface area contributed by atoms with Crippen LogP contribution in [0.25, 0.3) is 0 Å². The van der Waals surface area contributed by atoms with E-state index < -0.39 is 0 Å². The second-order valence-electron chi connectivity index (χ2n) is 5.01. The Hall–Kier alpha value is -1.59. The minimum Gasteiger partial charge on any atom is -0.369 e. The van der Waals surface area contributed by atoms with Crippen molar-refractivity contribution in [2.45, 2.75) is 12.8 Å². The monoisotopic (exact) mass is 295 g/mol. The number of likely N-dealkylation sites (tertiary alicyclic amines) is 1. The van der Waals surface area contributed by atoms with E-state index in [1.54, 1.807) is 24.3 Å². The van der Waals surface area contributed by atoms with Crippen molar-refractivity contribution in [1.82, 2.24) is 4.90 Å². The molecule has 1 heterocycles. The highest BCUT2D eigenvalue weighted by molar-refractivity contribution is 6.30. The Morgan fingerprint density at radius 2 is 2.05 bits per heavy atom. The summed E-state index contributed by atoms with van der Waals surface area (Å²) < 4.78 is 0. The Morgan fingerprint density at radius 1 is 1.35 bits per heavy atom. The molecule has 0 atom stereocenters. The summed E-state index contributed by atoms with van der Waals surface area (Å²) in [6.45, 7) is 1.76. The molecule has 1 aliphatic rings. The van der Waals surface area contributed by atoms with Crippen molar-refractivity contribution >= 4 is 29.1 Å². The number of primary amides is 1. The summed E-state index contributed by atoms with van der Waals surface area (Å²) in [5, 5.41) is 3.40. The van der Waals surface area contributed by atoms with E-state index in [9.17, 15) is 9.59 Å². The molecule has 0 saturated carbocycles. The van der Waals surface area contributed by atoms with Gasteiger partial charge in [-0.2, -0.15) is 0 Å². The number of hydrogen-bond acceptors (Lipinski definition) is 3. The lowest BCUT2D eigenvalue weighted by Gasteiger charge is -2.29. The van der Waals surface area contributed by atoms with E-state index in [0.717, 1.165) is 25.9 Å². The minimum absolute atomic E-state index is 0.0535. The average molecular weight is 296 g/mol. The van der Waals surface area contributed by atoms with E-state index in [2.05, 4.69) is 5.32 Å². The number of halogens is 1. The molecule has 5 nitrogen and oxygen atoms in total. The molecule has 0 radical (unpaired) electrons. The molecule has 0 unspecified atom stereocenters. The van der Waals surface area contributed by atoms with Gasteiger partial charge in [0.15, 0.2) is 0 Å². The maximum absolute atomic E-state index is 11.9. The van der Waals surface area contributed by atoms with Gasteiger partial charge in [-0.3, -0.25) is 14.5 Å². The van der Waals surface area contributed by atoms with Gasteiger partial charge in [0.2, 0.25) is 11.8 Å². The Morgan fingerprint density at radius 3 is 2.65 bits per heavy atom. The summed E-state index contributed by atoms with van der Waals surface area (Å²) in [7, 11) is 0. The number of rotatable bonds is 4. The first-order valence-corrected chi connectivity index (χ1v) is 6.99. The molecule has 1 saturated heterocycles. The van der Waals surface area contributed by atoms with Crippen LogP contribution in [0.1, 0.15) is 12.8 Å². The van der Waals surface area contributed by atoms with Crippen LogP contribution in [0.15, 0.2) is 24.3 Å². The van der Waals surface area contributed by atoms with Gasteiger partial charge in [-0.05, 0) is 44.1 Å². The molecule has 0 aliphatic carbocycles. The number of piperidine rings is 1. The Bertz CT molecular complexity index is 499. The molecule has 20 heavy (non-hydrogen) atoms. The maximum atomic E-state index is 11.9. The zero-order chi connectivity index (χ0) is 14.5. The van der Waals surface area contributed by atoms with Gasteiger partial charge in [0.05, 0.1) is 6.54 Å². The van der Waals surface area contributed by atoms with Crippen LogP contribution in [0.3, 0.4) is 0 Å². The van der Waals surface area contributed by atoms with E-state index in [4.69, 9.17) is 17.3 Å². The van der Waals surface area contributed by atoms with Crippen molar-refractivity contribution in [3.63, 3.8) is 0 Å². The first kappa shape index (κ1) is 14.8. The van der Waals surface area contributed by atoms with Gasteiger partial charge in [0.25, 0.3) is 0 Å². The average Bonchev–Trinajstić information content (AvgIpc) is 2.39. The van der Waals surface area contributed by atoms with E-state index in [1.165, 1.54) is 0 Å². The first-order chi connectivity index (χ1) is 9.54. The zero-order valence-electron chi connectivity index (χ0n) is 11.1. The lowest BCUT2D eigenvalue weighted by Crippen LogP contribution is -2.42. The van der Waals surface area contributed by atoms with E-state index in [0.29, 0.717) is 17.3 Å². The maximum Gasteiger partial charge on any atom is 0.238 e. The number of anilines is 1. The van der Waals surface area contributed by atoms with E-state index >= 15 is 0 Å². The van der Waals surface area contributed by atoms with E-state index in [1.807, 2.05) is 4.90 Å². The Kier molecular flexibility index (Phi) is 4.98. The summed E-state index contributed by atoms with van der Waals surface area (Å²) in [6.07, 6.45) is 1.44. The highest BCUT2D eigenvalue weighted by Gasteiger charge is 2.24. The summed E-state index contributed by atoms with van der Waals surface area (Å²) >= 11 is 5.86. The molecule has 1 aliphatic heterocycles. The third-order valence-electron chi connectivity index (χ3n) is 3.47. The van der Waals surface area contributed by atoms with E-state index in [-0.39, 0.29) is 17.7 Å². The molecular weight excluding hydrogens is 278 g/mol. The van der Waals surface area contributed by atoms with Gasteiger partial charge < -0.3 is 11.1 Å². The molecule has 108 valence electrons. The van der Waals surface area contributed by atoms with Crippen molar-refractivity contribution < 1.29 is 9.59 Å². The second kappa shape index (κ2) is 6.72. The van der Waals surface area contributed by atoms with Gasteiger partial charge in [-0.25, -0.2) is 0 Å². The standard InChI is InChI=1S/C14H18ClN3O2/c15-11-2-1-3-12(8-11)17-13(19)9-18-6-4-10(5-7-18)14(16)20/h1-3,8,10H,4-7,9H2,(H2,16,20)(H,17,19). The predicted molar refractivity (Wildman–Crippen MR) is 78.4 cm³/mol. The minimum atomic E-state index is -0.243. The second-order valence-corrected chi connectivity index (χ2v) is 5.45. The van der Waals surface area contributed by atoms with Crippen molar-refractivity contribution in [2.75, 3.05) is 25.0 Å². The van der Waals surface area contributed by atoms with Gasteiger partial charge in [0.1, 0.15) is 0 Å². The van der Waals surface area contributed by atoms with Crippen LogP contribution >= 0.6 is 11.6 Å². The number of carbonyl (C=O) groups excluding carboxylic acids is 2. The molecule has 0 aromatic heterocycles. The fourth-order valence-electron chi connectivity index (χ4n) is 2.35. The van der Waals surface area contributed by atoms with Crippen LogP contribution in [0, 0.1) is 5.92 Å².